The minimum absolute atomic E-state index is 0. The van der Waals surface area contributed by atoms with E-state index in [9.17, 15) is 0 Å². The van der Waals surface area contributed by atoms with Crippen molar-refractivity contribution in [2.45, 2.75) is 32.7 Å². The Balaban J connectivity index is 0.00000192. The SMILES string of the molecule is Cc1nc(-c2cccc(CN=C(N)N3CCCCC3)c2)n[nH]1.I. The third-order valence-corrected chi connectivity index (χ3v) is 3.89. The van der Waals surface area contributed by atoms with Crippen LogP contribution < -0.4 is 5.73 Å². The van der Waals surface area contributed by atoms with E-state index in [4.69, 9.17) is 5.73 Å². The lowest BCUT2D eigenvalue weighted by molar-refractivity contribution is 0.338. The first kappa shape index (κ1) is 17.7. The van der Waals surface area contributed by atoms with Crippen LogP contribution in [-0.4, -0.2) is 39.1 Å². The molecule has 0 amide bonds. The average molecular weight is 426 g/mol. The number of benzene rings is 1. The number of nitrogens with two attached hydrogens (primary N) is 1. The highest BCUT2D eigenvalue weighted by molar-refractivity contribution is 14.0. The predicted octanol–water partition coefficient (Wildman–Crippen LogP) is 2.70. The van der Waals surface area contributed by atoms with Crippen LogP contribution in [0.2, 0.25) is 0 Å². The number of aryl methyl sites for hydroxylation is 1. The molecular weight excluding hydrogens is 403 g/mol. The van der Waals surface area contributed by atoms with E-state index in [1.165, 1.54) is 19.3 Å². The Morgan fingerprint density at radius 1 is 1.30 bits per heavy atom. The van der Waals surface area contributed by atoms with Gasteiger partial charge in [0.05, 0.1) is 6.54 Å². The molecule has 23 heavy (non-hydrogen) atoms. The van der Waals surface area contributed by atoms with Crippen molar-refractivity contribution >= 4 is 29.9 Å². The quantitative estimate of drug-likeness (QED) is 0.449. The van der Waals surface area contributed by atoms with Gasteiger partial charge in [-0.25, -0.2) is 9.98 Å². The van der Waals surface area contributed by atoms with E-state index in [0.29, 0.717) is 18.3 Å². The first-order valence-corrected chi connectivity index (χ1v) is 7.75. The molecule has 6 nitrogen and oxygen atoms in total. The molecular formula is C16H23IN6. The molecule has 0 unspecified atom stereocenters. The van der Waals surface area contributed by atoms with Gasteiger partial charge in [-0.3, -0.25) is 5.10 Å². The number of hydrogen-bond acceptors (Lipinski definition) is 3. The number of rotatable bonds is 3. The molecule has 1 fully saturated rings. The second-order valence-corrected chi connectivity index (χ2v) is 5.67. The van der Waals surface area contributed by atoms with Gasteiger partial charge in [0.25, 0.3) is 0 Å². The third kappa shape index (κ3) is 4.66. The van der Waals surface area contributed by atoms with Crippen LogP contribution in [0, 0.1) is 6.92 Å². The first-order chi connectivity index (χ1) is 10.7. The van der Waals surface area contributed by atoms with Crippen LogP contribution in [0.5, 0.6) is 0 Å². The van der Waals surface area contributed by atoms with Gasteiger partial charge in [-0.15, -0.1) is 24.0 Å². The zero-order chi connectivity index (χ0) is 15.4. The van der Waals surface area contributed by atoms with Crippen molar-refractivity contribution in [3.63, 3.8) is 0 Å². The molecule has 2 aromatic rings. The van der Waals surface area contributed by atoms with Crippen LogP contribution in [0.25, 0.3) is 11.4 Å². The highest BCUT2D eigenvalue weighted by atomic mass is 127. The van der Waals surface area contributed by atoms with E-state index in [1.807, 2.05) is 19.1 Å². The van der Waals surface area contributed by atoms with Crippen molar-refractivity contribution in [1.82, 2.24) is 20.1 Å². The minimum Gasteiger partial charge on any atom is -0.370 e. The molecule has 0 spiro atoms. The summed E-state index contributed by atoms with van der Waals surface area (Å²) >= 11 is 0. The number of likely N-dealkylation sites (tertiary alicyclic amines) is 1. The van der Waals surface area contributed by atoms with Gasteiger partial charge in [-0.2, -0.15) is 5.10 Å². The summed E-state index contributed by atoms with van der Waals surface area (Å²) in [6.07, 6.45) is 3.70. The lowest BCUT2D eigenvalue weighted by atomic mass is 10.1. The number of halogens is 1. The number of piperidine rings is 1. The molecule has 0 aliphatic carbocycles. The summed E-state index contributed by atoms with van der Waals surface area (Å²) in [6, 6.07) is 8.12. The van der Waals surface area contributed by atoms with E-state index < -0.39 is 0 Å². The monoisotopic (exact) mass is 426 g/mol. The summed E-state index contributed by atoms with van der Waals surface area (Å²) in [5.74, 6) is 2.18. The highest BCUT2D eigenvalue weighted by Crippen LogP contribution is 2.17. The summed E-state index contributed by atoms with van der Waals surface area (Å²) in [5.41, 5.74) is 8.20. The van der Waals surface area contributed by atoms with Crippen molar-refractivity contribution < 1.29 is 0 Å². The number of nitrogens with zero attached hydrogens (tertiary/aromatic N) is 4. The largest absolute Gasteiger partial charge is 0.370 e. The minimum atomic E-state index is 0. The molecule has 0 radical (unpaired) electrons. The molecule has 1 aliphatic heterocycles. The summed E-state index contributed by atoms with van der Waals surface area (Å²) in [6.45, 7) is 4.52. The molecule has 3 rings (SSSR count). The van der Waals surface area contributed by atoms with Gasteiger partial charge in [-0.05, 0) is 37.8 Å². The molecule has 0 saturated carbocycles. The number of H-pyrrole nitrogens is 1. The van der Waals surface area contributed by atoms with Crippen LogP contribution in [0.4, 0.5) is 0 Å². The van der Waals surface area contributed by atoms with E-state index >= 15 is 0 Å². The van der Waals surface area contributed by atoms with Gasteiger partial charge >= 0.3 is 0 Å². The Morgan fingerprint density at radius 2 is 2.09 bits per heavy atom. The lowest BCUT2D eigenvalue weighted by Gasteiger charge is -2.27. The molecule has 1 saturated heterocycles. The standard InChI is InChI=1S/C16H22N6.HI/c1-12-19-15(21-20-12)14-7-5-6-13(10-14)11-18-16(17)22-8-3-2-4-9-22;/h5-7,10H,2-4,8-9,11H2,1H3,(H2,17,18)(H,19,20,21);1H. The fraction of sp³-hybridized carbons (Fsp3) is 0.438. The van der Waals surface area contributed by atoms with Crippen molar-refractivity contribution in [1.29, 1.82) is 0 Å². The van der Waals surface area contributed by atoms with E-state index in [2.05, 4.69) is 37.2 Å². The number of aromatic amines is 1. The fourth-order valence-corrected chi connectivity index (χ4v) is 2.68. The number of guanidine groups is 1. The van der Waals surface area contributed by atoms with Crippen molar-refractivity contribution in [3.8, 4) is 11.4 Å². The number of nitrogens with one attached hydrogen (secondary N) is 1. The van der Waals surface area contributed by atoms with Gasteiger partial charge in [-0.1, -0.05) is 18.2 Å². The Hall–Kier alpha value is -1.64. The van der Waals surface area contributed by atoms with E-state index in [0.717, 1.165) is 30.0 Å². The van der Waals surface area contributed by atoms with E-state index in [1.54, 1.807) is 0 Å². The first-order valence-electron chi connectivity index (χ1n) is 7.75. The van der Waals surface area contributed by atoms with Crippen LogP contribution in [-0.2, 0) is 6.54 Å². The summed E-state index contributed by atoms with van der Waals surface area (Å²) in [5, 5.41) is 7.06. The molecule has 1 aliphatic rings. The molecule has 2 heterocycles. The summed E-state index contributed by atoms with van der Waals surface area (Å²) in [4.78, 5) is 11.1. The maximum Gasteiger partial charge on any atom is 0.191 e. The molecule has 1 aromatic heterocycles. The topological polar surface area (TPSA) is 83.2 Å². The number of hydrogen-bond donors (Lipinski definition) is 2. The molecule has 1 aromatic carbocycles. The maximum atomic E-state index is 6.10. The zero-order valence-corrected chi connectivity index (χ0v) is 15.7. The van der Waals surface area contributed by atoms with Crippen molar-refractivity contribution in [2.75, 3.05) is 13.1 Å². The van der Waals surface area contributed by atoms with Crippen molar-refractivity contribution in [2.24, 2.45) is 10.7 Å². The second-order valence-electron chi connectivity index (χ2n) is 5.67. The smallest absolute Gasteiger partial charge is 0.191 e. The van der Waals surface area contributed by atoms with Gasteiger partial charge in [0.2, 0.25) is 0 Å². The summed E-state index contributed by atoms with van der Waals surface area (Å²) < 4.78 is 0. The summed E-state index contributed by atoms with van der Waals surface area (Å²) in [7, 11) is 0. The van der Waals surface area contributed by atoms with Crippen LogP contribution in [0.1, 0.15) is 30.7 Å². The predicted molar refractivity (Wildman–Crippen MR) is 103 cm³/mol. The van der Waals surface area contributed by atoms with Gasteiger partial charge in [0.1, 0.15) is 5.82 Å². The molecule has 3 N–H and O–H groups in total. The van der Waals surface area contributed by atoms with Gasteiger partial charge in [0, 0.05) is 18.7 Å². The van der Waals surface area contributed by atoms with Crippen molar-refractivity contribution in [3.05, 3.63) is 35.7 Å². The Labute approximate surface area is 153 Å². The van der Waals surface area contributed by atoms with Gasteiger partial charge in [0.15, 0.2) is 11.8 Å². The zero-order valence-electron chi connectivity index (χ0n) is 13.3. The number of aromatic nitrogens is 3. The highest BCUT2D eigenvalue weighted by Gasteiger charge is 2.11. The number of aliphatic imine (C=N–C) groups is 1. The van der Waals surface area contributed by atoms with Crippen LogP contribution in [0.3, 0.4) is 0 Å². The molecule has 0 bridgehead atoms. The fourth-order valence-electron chi connectivity index (χ4n) is 2.68. The Bertz CT molecular complexity index is 660. The molecule has 124 valence electrons. The Kier molecular flexibility index (Phi) is 6.37. The van der Waals surface area contributed by atoms with Crippen LogP contribution in [0.15, 0.2) is 29.3 Å². The third-order valence-electron chi connectivity index (χ3n) is 3.89. The van der Waals surface area contributed by atoms with Gasteiger partial charge < -0.3 is 10.6 Å². The van der Waals surface area contributed by atoms with E-state index in [-0.39, 0.29) is 24.0 Å². The lowest BCUT2D eigenvalue weighted by Crippen LogP contribution is -2.40. The Morgan fingerprint density at radius 3 is 2.78 bits per heavy atom. The second kappa shape index (κ2) is 8.28. The molecule has 7 heteroatoms. The average Bonchev–Trinajstić information content (AvgIpc) is 3.00. The maximum absolute atomic E-state index is 6.10. The van der Waals surface area contributed by atoms with Crippen LogP contribution >= 0.6 is 24.0 Å². The normalized spacial score (nSPS) is 15.3. The molecule has 0 atom stereocenters.